The van der Waals surface area contributed by atoms with Gasteiger partial charge in [0.1, 0.15) is 36.7 Å². The van der Waals surface area contributed by atoms with Crippen LogP contribution in [0.3, 0.4) is 0 Å². The van der Waals surface area contributed by atoms with E-state index in [4.69, 9.17) is 29.2 Å². The number of methoxy groups -OCH3 is 1. The van der Waals surface area contributed by atoms with Crippen molar-refractivity contribution < 1.29 is 42.4 Å². The number of aromatic nitrogens is 3. The van der Waals surface area contributed by atoms with Crippen molar-refractivity contribution >= 4 is 37.4 Å². The summed E-state index contributed by atoms with van der Waals surface area (Å²) in [6, 6.07) is 20.1. The molecule has 15 nitrogen and oxygen atoms in total. The molecule has 5 atom stereocenters. The number of benzene rings is 2. The van der Waals surface area contributed by atoms with Gasteiger partial charge in [-0.05, 0) is 69.0 Å². The number of hydrogen-bond donors (Lipinski definition) is 2. The number of nitriles is 1. The molecule has 51 heavy (non-hydrogen) atoms. The van der Waals surface area contributed by atoms with Crippen molar-refractivity contribution in [1.82, 2.24) is 19.7 Å². The average molecular weight is 719 g/mol. The minimum atomic E-state index is -3.24. The van der Waals surface area contributed by atoms with Crippen molar-refractivity contribution in [3.05, 3.63) is 95.9 Å². The third-order valence-corrected chi connectivity index (χ3v) is 9.59. The Kier molecular flexibility index (Phi) is 12.5. The molecule has 0 radical (unpaired) electrons. The summed E-state index contributed by atoms with van der Waals surface area (Å²) >= 11 is 0. The minimum absolute atomic E-state index is 0.102. The SMILES string of the molecule is CO[C@](C#N)(CO[PH](=O)N[C@@H](C)C(=O)OC1CCCCC1)[C@@H](OC(=O)c1ccccc1)[C@@H](OC(=O)c1ccccc1)c1ccc2c(N)ncnn12. The maximum absolute atomic E-state index is 13.7. The number of nitrogens with zero attached hydrogens (tertiary/aromatic N) is 4. The smallest absolute Gasteiger partial charge is 0.338 e. The Morgan fingerprint density at radius 3 is 2.24 bits per heavy atom. The van der Waals surface area contributed by atoms with Crippen LogP contribution in [0, 0.1) is 11.3 Å². The average Bonchev–Trinajstić information content (AvgIpc) is 3.60. The molecule has 2 aromatic carbocycles. The molecule has 0 aliphatic heterocycles. The molecule has 16 heteroatoms. The molecule has 3 N–H and O–H groups in total. The highest BCUT2D eigenvalue weighted by Gasteiger charge is 2.51. The number of carbonyl (C=O) groups excluding carboxylic acids is 3. The van der Waals surface area contributed by atoms with Crippen LogP contribution >= 0.6 is 8.18 Å². The van der Waals surface area contributed by atoms with E-state index >= 15 is 0 Å². The van der Waals surface area contributed by atoms with Gasteiger partial charge in [0.25, 0.3) is 8.18 Å². The van der Waals surface area contributed by atoms with E-state index in [0.717, 1.165) is 39.2 Å². The monoisotopic (exact) mass is 718 g/mol. The van der Waals surface area contributed by atoms with Gasteiger partial charge in [0.15, 0.2) is 18.0 Å². The van der Waals surface area contributed by atoms with Gasteiger partial charge in [-0.2, -0.15) is 10.4 Å². The molecule has 0 spiro atoms. The molecular weight excluding hydrogens is 679 g/mol. The predicted octanol–water partition coefficient (Wildman–Crippen LogP) is 4.60. The molecule has 2 heterocycles. The van der Waals surface area contributed by atoms with Crippen molar-refractivity contribution in [2.45, 2.75) is 69.0 Å². The van der Waals surface area contributed by atoms with E-state index in [-0.39, 0.29) is 28.7 Å². The molecule has 2 aromatic heterocycles. The predicted molar refractivity (Wildman–Crippen MR) is 184 cm³/mol. The number of nitrogen functional groups attached to an aromatic ring is 1. The largest absolute Gasteiger partial charge is 0.461 e. The van der Waals surface area contributed by atoms with Gasteiger partial charge in [-0.15, -0.1) is 0 Å². The van der Waals surface area contributed by atoms with Crippen molar-refractivity contribution in [3.8, 4) is 6.07 Å². The molecule has 0 bridgehead atoms. The summed E-state index contributed by atoms with van der Waals surface area (Å²) in [4.78, 5) is 44.0. The molecule has 1 aliphatic carbocycles. The fourth-order valence-corrected chi connectivity index (χ4v) is 6.58. The molecule has 1 saturated carbocycles. The van der Waals surface area contributed by atoms with Crippen molar-refractivity contribution in [2.24, 2.45) is 0 Å². The van der Waals surface area contributed by atoms with E-state index < -0.39 is 56.5 Å². The summed E-state index contributed by atoms with van der Waals surface area (Å²) < 4.78 is 43.5. The summed E-state index contributed by atoms with van der Waals surface area (Å²) in [6.45, 7) is 0.724. The molecule has 1 unspecified atom stereocenters. The second kappa shape index (κ2) is 17.2. The zero-order valence-corrected chi connectivity index (χ0v) is 29.1. The summed E-state index contributed by atoms with van der Waals surface area (Å²) in [5.41, 5.74) is 4.58. The number of hydrogen-bond acceptors (Lipinski definition) is 13. The molecule has 0 saturated heterocycles. The van der Waals surface area contributed by atoms with E-state index in [9.17, 15) is 24.2 Å². The normalized spacial score (nSPS) is 16.9. The lowest BCUT2D eigenvalue weighted by atomic mass is 9.92. The van der Waals surface area contributed by atoms with E-state index in [1.54, 1.807) is 42.5 Å². The van der Waals surface area contributed by atoms with Gasteiger partial charge in [-0.25, -0.2) is 24.2 Å². The Hall–Kier alpha value is -5.13. The van der Waals surface area contributed by atoms with E-state index in [1.165, 1.54) is 48.1 Å². The Labute approximate surface area is 294 Å². The summed E-state index contributed by atoms with van der Waals surface area (Å²) in [6.07, 6.45) is 2.14. The van der Waals surface area contributed by atoms with E-state index in [1.807, 2.05) is 6.07 Å². The van der Waals surface area contributed by atoms with Crippen molar-refractivity contribution in [3.63, 3.8) is 0 Å². The zero-order valence-electron chi connectivity index (χ0n) is 28.1. The first-order valence-corrected chi connectivity index (χ1v) is 17.7. The Morgan fingerprint density at radius 2 is 1.63 bits per heavy atom. The highest BCUT2D eigenvalue weighted by atomic mass is 31.1. The molecule has 0 amide bonds. The van der Waals surface area contributed by atoms with E-state index in [2.05, 4.69) is 15.2 Å². The Bertz CT molecular complexity index is 1880. The van der Waals surface area contributed by atoms with E-state index in [0.29, 0.717) is 5.52 Å². The van der Waals surface area contributed by atoms with Gasteiger partial charge >= 0.3 is 17.9 Å². The van der Waals surface area contributed by atoms with Crippen LogP contribution in [0.1, 0.15) is 71.5 Å². The van der Waals surface area contributed by atoms with Gasteiger partial charge < -0.3 is 29.2 Å². The number of rotatable bonds is 15. The highest BCUT2D eigenvalue weighted by molar-refractivity contribution is 7.36. The number of ether oxygens (including phenoxy) is 4. The first-order valence-electron chi connectivity index (χ1n) is 16.4. The van der Waals surface area contributed by atoms with Crippen LogP contribution in [0.15, 0.2) is 79.1 Å². The van der Waals surface area contributed by atoms with Gasteiger partial charge in [-0.1, -0.05) is 42.8 Å². The Balaban J connectivity index is 1.49. The quantitative estimate of drug-likeness (QED) is 0.0979. The van der Waals surface area contributed by atoms with Crippen molar-refractivity contribution in [1.29, 1.82) is 5.26 Å². The molecule has 4 aromatic rings. The van der Waals surface area contributed by atoms with Gasteiger partial charge in [0.05, 0.1) is 16.8 Å². The van der Waals surface area contributed by atoms with Crippen LogP contribution in [0.2, 0.25) is 0 Å². The first kappa shape index (κ1) is 37.1. The second-order valence-electron chi connectivity index (χ2n) is 11.9. The van der Waals surface area contributed by atoms with Crippen LogP contribution in [-0.2, 0) is 32.8 Å². The van der Waals surface area contributed by atoms with Crippen LogP contribution in [0.25, 0.3) is 5.52 Å². The van der Waals surface area contributed by atoms with Crippen LogP contribution < -0.4 is 10.8 Å². The Morgan fingerprint density at radius 1 is 1.00 bits per heavy atom. The van der Waals surface area contributed by atoms with Crippen LogP contribution in [0.4, 0.5) is 5.82 Å². The van der Waals surface area contributed by atoms with Gasteiger partial charge in [0.2, 0.25) is 5.60 Å². The fourth-order valence-electron chi connectivity index (χ4n) is 5.68. The topological polar surface area (TPSA) is 206 Å². The lowest BCUT2D eigenvalue weighted by molar-refractivity contribution is -0.152. The van der Waals surface area contributed by atoms with Gasteiger partial charge in [0, 0.05) is 7.11 Å². The molecule has 5 rings (SSSR count). The zero-order chi connectivity index (χ0) is 36.4. The highest BCUT2D eigenvalue weighted by Crippen LogP contribution is 2.37. The number of nitrogens with two attached hydrogens (primary N) is 1. The number of fused-ring (bicyclic) bond motifs is 1. The standard InChI is InChI=1S/C35H39N6O9P/c1-23(32(42)48-26-16-10-5-11-17-26)40-51(45)47-21-35(20-36,46-2)30(50-34(44)25-14-8-4-9-15-25)29(49-33(43)24-12-6-3-7-13-24)27-18-19-28-31(37)38-22-39-41(27)28/h3-4,6-9,12-15,18-19,22-23,26,29-30,51H,5,10-11,16-17,21H2,1-2H3,(H,40,45)(H2,37,38,39)/t23-,29-,30-,35+/m0/s1. The summed E-state index contributed by atoms with van der Waals surface area (Å²) in [5.74, 6) is -2.21. The van der Waals surface area contributed by atoms with Crippen molar-refractivity contribution in [2.75, 3.05) is 19.5 Å². The summed E-state index contributed by atoms with van der Waals surface area (Å²) in [7, 11) is -2.08. The maximum atomic E-state index is 13.7. The molecule has 1 fully saturated rings. The third kappa shape index (κ3) is 8.97. The second-order valence-corrected chi connectivity index (χ2v) is 13.1. The lowest BCUT2D eigenvalue weighted by Crippen LogP contribution is -2.53. The number of nitrogens with one attached hydrogen (secondary N) is 1. The fraction of sp³-hybridized carbons (Fsp3) is 0.371. The van der Waals surface area contributed by atoms with Crippen LogP contribution in [-0.4, -0.2) is 70.1 Å². The minimum Gasteiger partial charge on any atom is -0.461 e. The first-order chi connectivity index (χ1) is 24.7. The maximum Gasteiger partial charge on any atom is 0.338 e. The van der Waals surface area contributed by atoms with Crippen LogP contribution in [0.5, 0.6) is 0 Å². The third-order valence-electron chi connectivity index (χ3n) is 8.52. The molecular formula is C35H39N6O9P. The number of anilines is 1. The number of carbonyl (C=O) groups is 3. The molecule has 268 valence electrons. The number of esters is 3. The lowest BCUT2D eigenvalue weighted by Gasteiger charge is -2.37. The van der Waals surface area contributed by atoms with Gasteiger partial charge in [-0.3, -0.25) is 9.36 Å². The molecule has 1 aliphatic rings. The summed E-state index contributed by atoms with van der Waals surface area (Å²) in [5, 5.41) is 17.6.